The molecule has 0 aromatic heterocycles. The van der Waals surface area contributed by atoms with Crippen LogP contribution >= 0.6 is 0 Å². The van der Waals surface area contributed by atoms with Gasteiger partial charge in [-0.05, 0) is 43.7 Å². The number of nitrogens with two attached hydrogens (primary N) is 1. The normalized spacial score (nSPS) is 17.5. The van der Waals surface area contributed by atoms with E-state index in [1.54, 1.807) is 0 Å². The second-order valence-corrected chi connectivity index (χ2v) is 4.84. The average molecular weight is 201 g/mol. The predicted molar refractivity (Wildman–Crippen MR) is 65.6 cm³/mol. The van der Waals surface area contributed by atoms with Crippen LogP contribution in [-0.4, -0.2) is 5.54 Å². The third-order valence-electron chi connectivity index (χ3n) is 3.22. The molecule has 2 rings (SSSR count). The highest BCUT2D eigenvalue weighted by molar-refractivity contribution is 5.61. The van der Waals surface area contributed by atoms with Gasteiger partial charge in [0.1, 0.15) is 0 Å². The van der Waals surface area contributed by atoms with E-state index in [1.165, 1.54) is 24.0 Å². The van der Waals surface area contributed by atoms with Crippen LogP contribution in [0.5, 0.6) is 0 Å². The minimum atomic E-state index is 0.166. The van der Waals surface area contributed by atoms with Gasteiger partial charge in [-0.15, -0.1) is 0 Å². The Hall–Kier alpha value is -1.08. The lowest BCUT2D eigenvalue weighted by Gasteiger charge is -2.09. The third-order valence-corrected chi connectivity index (χ3v) is 3.22. The van der Waals surface area contributed by atoms with Crippen LogP contribution in [0, 0.1) is 0 Å². The van der Waals surface area contributed by atoms with E-state index in [2.05, 4.69) is 30.8 Å². The minimum Gasteiger partial charge on any atom is -0.325 e. The van der Waals surface area contributed by atoms with E-state index in [4.69, 9.17) is 5.73 Å². The van der Waals surface area contributed by atoms with Crippen LogP contribution in [0.2, 0.25) is 0 Å². The maximum atomic E-state index is 6.07. The highest BCUT2D eigenvalue weighted by Crippen LogP contribution is 2.36. The number of hydrogen-bond donors (Lipinski definition) is 1. The van der Waals surface area contributed by atoms with Crippen LogP contribution in [0.25, 0.3) is 5.57 Å². The van der Waals surface area contributed by atoms with E-state index in [0.717, 1.165) is 18.4 Å². The Balaban J connectivity index is 2.01. The summed E-state index contributed by atoms with van der Waals surface area (Å²) in [7, 11) is 0. The Morgan fingerprint density at radius 2 is 2.20 bits per heavy atom. The first kappa shape index (κ1) is 10.4. The topological polar surface area (TPSA) is 26.0 Å². The molecule has 2 N–H and O–H groups in total. The Morgan fingerprint density at radius 1 is 1.47 bits per heavy atom. The summed E-state index contributed by atoms with van der Waals surface area (Å²) in [5.74, 6) is 0. The van der Waals surface area contributed by atoms with Crippen molar-refractivity contribution in [2.24, 2.45) is 5.73 Å². The minimum absolute atomic E-state index is 0.166. The van der Waals surface area contributed by atoms with E-state index in [-0.39, 0.29) is 5.54 Å². The lowest BCUT2D eigenvalue weighted by Crippen LogP contribution is -2.22. The summed E-state index contributed by atoms with van der Waals surface area (Å²) < 4.78 is 0. The molecule has 0 amide bonds. The van der Waals surface area contributed by atoms with Gasteiger partial charge < -0.3 is 5.73 Å². The maximum Gasteiger partial charge on any atom is 0.0158 e. The molecule has 0 unspecified atom stereocenters. The van der Waals surface area contributed by atoms with Gasteiger partial charge in [-0.3, -0.25) is 0 Å². The average Bonchev–Trinajstić information content (AvgIpc) is 2.95. The highest BCUT2D eigenvalue weighted by atomic mass is 14.8. The molecule has 80 valence electrons. The summed E-state index contributed by atoms with van der Waals surface area (Å²) in [6, 6.07) is 8.63. The zero-order chi connectivity index (χ0) is 10.9. The number of aryl methyl sites for hydroxylation is 1. The van der Waals surface area contributed by atoms with Crippen LogP contribution in [0.15, 0.2) is 30.8 Å². The zero-order valence-electron chi connectivity index (χ0n) is 9.42. The Kier molecular flexibility index (Phi) is 2.66. The van der Waals surface area contributed by atoms with Crippen molar-refractivity contribution in [2.75, 3.05) is 0 Å². The van der Waals surface area contributed by atoms with Crippen molar-refractivity contribution in [1.82, 2.24) is 0 Å². The fraction of sp³-hybridized carbons (Fsp3) is 0.429. The quantitative estimate of drug-likeness (QED) is 0.795. The molecule has 1 fully saturated rings. The van der Waals surface area contributed by atoms with Gasteiger partial charge in [-0.25, -0.2) is 0 Å². The van der Waals surface area contributed by atoms with Gasteiger partial charge in [0.25, 0.3) is 0 Å². The molecule has 1 aliphatic rings. The molecule has 1 aromatic carbocycles. The molecule has 1 aliphatic carbocycles. The van der Waals surface area contributed by atoms with Crippen molar-refractivity contribution >= 4 is 5.57 Å². The number of benzene rings is 1. The fourth-order valence-corrected chi connectivity index (χ4v) is 1.80. The molecule has 0 heterocycles. The summed E-state index contributed by atoms with van der Waals surface area (Å²) in [4.78, 5) is 0. The summed E-state index contributed by atoms with van der Waals surface area (Å²) >= 11 is 0. The molecular weight excluding hydrogens is 182 g/mol. The van der Waals surface area contributed by atoms with Crippen molar-refractivity contribution in [3.8, 4) is 0 Å². The standard InChI is InChI=1S/C14H19N/c1-11(2)13-5-3-4-12(10-13)6-7-14(15)8-9-14/h3-5,10H,1,6-9,15H2,2H3. The molecule has 1 heteroatoms. The molecule has 0 bridgehead atoms. The number of rotatable bonds is 4. The van der Waals surface area contributed by atoms with E-state index in [1.807, 2.05) is 6.92 Å². The molecule has 0 saturated heterocycles. The molecule has 0 spiro atoms. The van der Waals surface area contributed by atoms with Crippen molar-refractivity contribution in [3.63, 3.8) is 0 Å². The van der Waals surface area contributed by atoms with Crippen LogP contribution in [0.3, 0.4) is 0 Å². The first-order valence-electron chi connectivity index (χ1n) is 5.63. The molecule has 0 radical (unpaired) electrons. The predicted octanol–water partition coefficient (Wildman–Crippen LogP) is 3.14. The SMILES string of the molecule is C=C(C)c1cccc(CCC2(N)CC2)c1. The molecule has 0 aliphatic heterocycles. The van der Waals surface area contributed by atoms with Crippen LogP contribution in [0.4, 0.5) is 0 Å². The van der Waals surface area contributed by atoms with Crippen LogP contribution in [0.1, 0.15) is 37.3 Å². The van der Waals surface area contributed by atoms with Gasteiger partial charge >= 0.3 is 0 Å². The second kappa shape index (κ2) is 3.82. The van der Waals surface area contributed by atoms with E-state index < -0.39 is 0 Å². The highest BCUT2D eigenvalue weighted by Gasteiger charge is 2.37. The molecular formula is C14H19N. The smallest absolute Gasteiger partial charge is 0.0158 e. The molecule has 0 atom stereocenters. The summed E-state index contributed by atoms with van der Waals surface area (Å²) in [6.45, 7) is 6.01. The van der Waals surface area contributed by atoms with E-state index in [0.29, 0.717) is 0 Å². The lowest BCUT2D eigenvalue weighted by molar-refractivity contribution is 0.609. The first-order chi connectivity index (χ1) is 7.09. The summed E-state index contributed by atoms with van der Waals surface area (Å²) in [5, 5.41) is 0. The monoisotopic (exact) mass is 201 g/mol. The van der Waals surface area contributed by atoms with Crippen molar-refractivity contribution in [3.05, 3.63) is 42.0 Å². The largest absolute Gasteiger partial charge is 0.325 e. The van der Waals surface area contributed by atoms with Crippen LogP contribution in [-0.2, 0) is 6.42 Å². The fourth-order valence-electron chi connectivity index (χ4n) is 1.80. The van der Waals surface area contributed by atoms with Crippen molar-refractivity contribution in [2.45, 2.75) is 38.1 Å². The van der Waals surface area contributed by atoms with Gasteiger partial charge in [0.2, 0.25) is 0 Å². The molecule has 1 nitrogen and oxygen atoms in total. The summed E-state index contributed by atoms with van der Waals surface area (Å²) in [6.07, 6.45) is 4.62. The van der Waals surface area contributed by atoms with Gasteiger partial charge in [-0.1, -0.05) is 36.4 Å². The first-order valence-corrected chi connectivity index (χ1v) is 5.63. The third kappa shape index (κ3) is 2.69. The van der Waals surface area contributed by atoms with E-state index >= 15 is 0 Å². The lowest BCUT2D eigenvalue weighted by atomic mass is 10.0. The zero-order valence-corrected chi connectivity index (χ0v) is 9.42. The van der Waals surface area contributed by atoms with Crippen molar-refractivity contribution < 1.29 is 0 Å². The van der Waals surface area contributed by atoms with Gasteiger partial charge in [0.05, 0.1) is 0 Å². The van der Waals surface area contributed by atoms with Gasteiger partial charge in [0.15, 0.2) is 0 Å². The van der Waals surface area contributed by atoms with E-state index in [9.17, 15) is 0 Å². The number of hydrogen-bond acceptors (Lipinski definition) is 1. The Morgan fingerprint density at radius 3 is 2.80 bits per heavy atom. The molecule has 1 aromatic rings. The Labute approximate surface area is 92.0 Å². The van der Waals surface area contributed by atoms with Crippen LogP contribution < -0.4 is 5.73 Å². The summed E-state index contributed by atoms with van der Waals surface area (Å²) in [5.41, 5.74) is 10.00. The number of allylic oxidation sites excluding steroid dienone is 1. The maximum absolute atomic E-state index is 6.07. The second-order valence-electron chi connectivity index (χ2n) is 4.84. The van der Waals surface area contributed by atoms with Crippen molar-refractivity contribution in [1.29, 1.82) is 0 Å². The van der Waals surface area contributed by atoms with Gasteiger partial charge in [-0.2, -0.15) is 0 Å². The Bertz CT molecular complexity index is 375. The molecule has 15 heavy (non-hydrogen) atoms. The molecule has 1 saturated carbocycles. The van der Waals surface area contributed by atoms with Gasteiger partial charge in [0, 0.05) is 5.54 Å².